The van der Waals surface area contributed by atoms with E-state index in [9.17, 15) is 9.90 Å². The molecule has 20 heavy (non-hydrogen) atoms. The summed E-state index contributed by atoms with van der Waals surface area (Å²) in [5, 5.41) is 14.6. The number of aryl methyl sites for hydroxylation is 1. The molecule has 1 aromatic rings. The quantitative estimate of drug-likeness (QED) is 0.897. The molecule has 0 aliphatic carbocycles. The number of urea groups is 1. The summed E-state index contributed by atoms with van der Waals surface area (Å²) in [7, 11) is 0. The predicted molar refractivity (Wildman–Crippen MR) is 81.9 cm³/mol. The maximum Gasteiger partial charge on any atom is 0.317 e. The summed E-state index contributed by atoms with van der Waals surface area (Å²) in [4.78, 5) is 15.2. The van der Waals surface area contributed by atoms with Crippen molar-refractivity contribution in [1.82, 2.24) is 10.2 Å². The largest absolute Gasteiger partial charge is 0.396 e. The number of rotatable bonds is 4. The summed E-state index contributed by atoms with van der Waals surface area (Å²) in [6, 6.07) is 2.09. The van der Waals surface area contributed by atoms with Crippen LogP contribution >= 0.6 is 11.3 Å². The highest BCUT2D eigenvalue weighted by molar-refractivity contribution is 7.10. The number of aliphatic hydroxyl groups excluding tert-OH is 1. The van der Waals surface area contributed by atoms with Crippen LogP contribution in [0.3, 0.4) is 0 Å². The predicted octanol–water partition coefficient (Wildman–Crippen LogP) is 2.75. The first-order valence-corrected chi connectivity index (χ1v) is 8.15. The monoisotopic (exact) mass is 296 g/mol. The van der Waals surface area contributed by atoms with Crippen LogP contribution in [-0.2, 0) is 6.54 Å². The van der Waals surface area contributed by atoms with E-state index in [2.05, 4.69) is 30.6 Å². The number of thiophene rings is 1. The molecule has 5 heteroatoms. The molecule has 0 aromatic carbocycles. The van der Waals surface area contributed by atoms with Crippen LogP contribution in [0.2, 0.25) is 0 Å². The van der Waals surface area contributed by atoms with E-state index in [4.69, 9.17) is 0 Å². The third-order valence-corrected chi connectivity index (χ3v) is 5.59. The van der Waals surface area contributed by atoms with Gasteiger partial charge in [0.05, 0.1) is 6.54 Å². The fourth-order valence-electron chi connectivity index (χ4n) is 2.66. The van der Waals surface area contributed by atoms with Crippen molar-refractivity contribution < 1.29 is 9.90 Å². The molecule has 0 bridgehead atoms. The molecule has 0 radical (unpaired) electrons. The van der Waals surface area contributed by atoms with Crippen LogP contribution in [0.5, 0.6) is 0 Å². The number of carbonyl (C=O) groups is 1. The minimum Gasteiger partial charge on any atom is -0.396 e. The zero-order valence-electron chi connectivity index (χ0n) is 12.3. The van der Waals surface area contributed by atoms with Gasteiger partial charge >= 0.3 is 6.03 Å². The fourth-order valence-corrected chi connectivity index (χ4v) is 3.51. The lowest BCUT2D eigenvalue weighted by Gasteiger charge is -2.40. The number of nitrogens with zero attached hydrogens (tertiary/aromatic N) is 1. The molecule has 0 spiro atoms. The van der Waals surface area contributed by atoms with Crippen LogP contribution in [0.15, 0.2) is 11.4 Å². The van der Waals surface area contributed by atoms with Gasteiger partial charge in [-0.2, -0.15) is 0 Å². The van der Waals surface area contributed by atoms with E-state index in [1.807, 2.05) is 4.90 Å². The molecule has 1 saturated heterocycles. The maximum atomic E-state index is 12.1. The van der Waals surface area contributed by atoms with Gasteiger partial charge < -0.3 is 15.3 Å². The van der Waals surface area contributed by atoms with Gasteiger partial charge in [-0.25, -0.2) is 4.79 Å². The van der Waals surface area contributed by atoms with Crippen LogP contribution in [0.4, 0.5) is 4.79 Å². The highest BCUT2D eigenvalue weighted by Gasteiger charge is 2.33. The van der Waals surface area contributed by atoms with E-state index in [0.717, 1.165) is 32.4 Å². The van der Waals surface area contributed by atoms with E-state index in [1.54, 1.807) is 11.3 Å². The standard InChI is InChI=1S/C15H24N2O2S/c1-3-15(11-18)5-7-17(8-6-15)14(19)16-10-13-12(2)4-9-20-13/h4,9,18H,3,5-8,10-11H2,1-2H3,(H,16,19). The molecular weight excluding hydrogens is 272 g/mol. The van der Waals surface area contributed by atoms with Gasteiger partial charge in [0.15, 0.2) is 0 Å². The highest BCUT2D eigenvalue weighted by atomic mass is 32.1. The van der Waals surface area contributed by atoms with Gasteiger partial charge in [-0.05, 0) is 48.6 Å². The lowest BCUT2D eigenvalue weighted by atomic mass is 9.77. The second-order valence-electron chi connectivity index (χ2n) is 5.68. The number of amides is 2. The van der Waals surface area contributed by atoms with Crippen molar-refractivity contribution in [2.45, 2.75) is 39.7 Å². The lowest BCUT2D eigenvalue weighted by Crippen LogP contribution is -2.48. The van der Waals surface area contributed by atoms with Crippen molar-refractivity contribution in [3.63, 3.8) is 0 Å². The normalized spacial score (nSPS) is 18.1. The molecule has 2 amide bonds. The average Bonchev–Trinajstić information content (AvgIpc) is 2.90. The van der Waals surface area contributed by atoms with Crippen molar-refractivity contribution in [3.05, 3.63) is 21.9 Å². The molecule has 2 rings (SSSR count). The minimum atomic E-state index is 0.0143. The Morgan fingerprint density at radius 1 is 1.50 bits per heavy atom. The molecule has 112 valence electrons. The smallest absolute Gasteiger partial charge is 0.317 e. The molecule has 0 atom stereocenters. The van der Waals surface area contributed by atoms with Crippen LogP contribution in [0.25, 0.3) is 0 Å². The molecule has 1 aliphatic rings. The van der Waals surface area contributed by atoms with E-state index < -0.39 is 0 Å². The molecule has 2 heterocycles. The Hall–Kier alpha value is -1.07. The number of piperidine rings is 1. The molecule has 0 unspecified atom stereocenters. The number of hydrogen-bond acceptors (Lipinski definition) is 3. The van der Waals surface area contributed by atoms with Crippen LogP contribution < -0.4 is 5.32 Å². The van der Waals surface area contributed by atoms with Crippen molar-refractivity contribution in [1.29, 1.82) is 0 Å². The van der Waals surface area contributed by atoms with Gasteiger partial charge in [0, 0.05) is 24.6 Å². The summed E-state index contributed by atoms with van der Waals surface area (Å²) in [6.07, 6.45) is 2.77. The summed E-state index contributed by atoms with van der Waals surface area (Å²) in [5.41, 5.74) is 1.26. The van der Waals surface area contributed by atoms with Crippen molar-refractivity contribution in [3.8, 4) is 0 Å². The Bertz CT molecular complexity index is 444. The van der Waals surface area contributed by atoms with Gasteiger partial charge in [0.25, 0.3) is 0 Å². The third-order valence-electron chi connectivity index (χ3n) is 4.57. The van der Waals surface area contributed by atoms with Gasteiger partial charge in [-0.15, -0.1) is 11.3 Å². The first kappa shape index (κ1) is 15.3. The Morgan fingerprint density at radius 3 is 2.70 bits per heavy atom. The molecule has 1 aromatic heterocycles. The number of likely N-dealkylation sites (tertiary alicyclic amines) is 1. The number of nitrogens with one attached hydrogen (secondary N) is 1. The molecule has 4 nitrogen and oxygen atoms in total. The summed E-state index contributed by atoms with van der Waals surface area (Å²) in [6.45, 7) is 6.50. The Morgan fingerprint density at radius 2 is 2.20 bits per heavy atom. The molecular formula is C15H24N2O2S. The molecule has 1 aliphatic heterocycles. The highest BCUT2D eigenvalue weighted by Crippen LogP contribution is 2.34. The van der Waals surface area contributed by atoms with E-state index in [0.29, 0.717) is 6.54 Å². The van der Waals surface area contributed by atoms with E-state index >= 15 is 0 Å². The van der Waals surface area contributed by atoms with Gasteiger partial charge in [-0.1, -0.05) is 6.92 Å². The van der Waals surface area contributed by atoms with Gasteiger partial charge in [-0.3, -0.25) is 0 Å². The Balaban J connectivity index is 1.82. The number of aliphatic hydroxyl groups is 1. The summed E-state index contributed by atoms with van der Waals surface area (Å²) >= 11 is 1.68. The second kappa shape index (κ2) is 6.59. The molecule has 0 saturated carbocycles. The topological polar surface area (TPSA) is 52.6 Å². The second-order valence-corrected chi connectivity index (χ2v) is 6.68. The van der Waals surface area contributed by atoms with Crippen LogP contribution in [0.1, 0.15) is 36.6 Å². The van der Waals surface area contributed by atoms with Gasteiger partial charge in [0.1, 0.15) is 0 Å². The average molecular weight is 296 g/mol. The molecule has 1 fully saturated rings. The fraction of sp³-hybridized carbons (Fsp3) is 0.667. The van der Waals surface area contributed by atoms with Crippen LogP contribution in [0, 0.1) is 12.3 Å². The van der Waals surface area contributed by atoms with Crippen molar-refractivity contribution >= 4 is 17.4 Å². The SMILES string of the molecule is CCC1(CO)CCN(C(=O)NCc2sccc2C)CC1. The Labute approximate surface area is 124 Å². The Kier molecular flexibility index (Phi) is 5.05. The van der Waals surface area contributed by atoms with E-state index in [-0.39, 0.29) is 18.1 Å². The third kappa shape index (κ3) is 3.33. The summed E-state index contributed by atoms with van der Waals surface area (Å²) in [5.74, 6) is 0. The first-order chi connectivity index (χ1) is 9.60. The summed E-state index contributed by atoms with van der Waals surface area (Å²) < 4.78 is 0. The zero-order valence-corrected chi connectivity index (χ0v) is 13.1. The maximum absolute atomic E-state index is 12.1. The van der Waals surface area contributed by atoms with Crippen LogP contribution in [-0.4, -0.2) is 35.7 Å². The number of carbonyl (C=O) groups excluding carboxylic acids is 1. The van der Waals surface area contributed by atoms with Gasteiger partial charge in [0.2, 0.25) is 0 Å². The van der Waals surface area contributed by atoms with E-state index in [1.165, 1.54) is 10.4 Å². The molecule has 2 N–H and O–H groups in total. The first-order valence-electron chi connectivity index (χ1n) is 7.27. The van der Waals surface area contributed by atoms with Crippen molar-refractivity contribution in [2.24, 2.45) is 5.41 Å². The zero-order chi connectivity index (χ0) is 14.6. The van der Waals surface area contributed by atoms with Crippen molar-refractivity contribution in [2.75, 3.05) is 19.7 Å². The minimum absolute atomic E-state index is 0.0143. The number of hydrogen-bond donors (Lipinski definition) is 2. The lowest BCUT2D eigenvalue weighted by molar-refractivity contribution is 0.0519.